The molecule has 1 fully saturated rings. The van der Waals surface area contributed by atoms with Crippen molar-refractivity contribution < 1.29 is 4.21 Å². The second-order valence-electron chi connectivity index (χ2n) is 4.85. The fourth-order valence-electron chi connectivity index (χ4n) is 2.43. The molecule has 3 heteroatoms. The zero-order chi connectivity index (χ0) is 11.1. The highest BCUT2D eigenvalue weighted by Crippen LogP contribution is 2.17. The summed E-state index contributed by atoms with van der Waals surface area (Å²) in [7, 11) is -0.670. The van der Waals surface area contributed by atoms with Gasteiger partial charge in [-0.1, -0.05) is 32.1 Å². The molecular formula is C12H25NOS. The average Bonchev–Trinajstić information content (AvgIpc) is 2.08. The van der Waals surface area contributed by atoms with Crippen LogP contribution < -0.4 is 5.32 Å². The lowest BCUT2D eigenvalue weighted by Gasteiger charge is -2.24. The van der Waals surface area contributed by atoms with E-state index >= 15 is 0 Å². The van der Waals surface area contributed by atoms with Crippen molar-refractivity contribution in [2.45, 2.75) is 64.0 Å². The summed E-state index contributed by atoms with van der Waals surface area (Å²) in [6, 6.07) is 1.07. The van der Waals surface area contributed by atoms with Gasteiger partial charge in [-0.25, -0.2) is 0 Å². The lowest BCUT2D eigenvalue weighted by atomic mass is 9.96. The van der Waals surface area contributed by atoms with E-state index in [0.717, 1.165) is 5.75 Å². The van der Waals surface area contributed by atoms with Crippen LogP contribution in [0.4, 0.5) is 0 Å². The van der Waals surface area contributed by atoms with E-state index in [1.165, 1.54) is 44.9 Å². The summed E-state index contributed by atoms with van der Waals surface area (Å²) in [5, 5.41) is 3.62. The van der Waals surface area contributed by atoms with Crippen molar-refractivity contribution in [3.05, 3.63) is 0 Å². The third-order valence-electron chi connectivity index (χ3n) is 3.11. The Labute approximate surface area is 96.7 Å². The van der Waals surface area contributed by atoms with E-state index in [2.05, 4.69) is 12.2 Å². The second kappa shape index (κ2) is 7.39. The van der Waals surface area contributed by atoms with Crippen molar-refractivity contribution >= 4 is 10.8 Å². The van der Waals surface area contributed by atoms with Crippen molar-refractivity contribution in [1.82, 2.24) is 5.32 Å². The smallest absolute Gasteiger partial charge is 0.0383 e. The molecule has 0 saturated heterocycles. The van der Waals surface area contributed by atoms with Crippen LogP contribution in [0.1, 0.15) is 51.9 Å². The van der Waals surface area contributed by atoms with Gasteiger partial charge in [-0.3, -0.25) is 4.21 Å². The lowest BCUT2D eigenvalue weighted by Crippen LogP contribution is -2.39. The van der Waals surface area contributed by atoms with Crippen LogP contribution in [0.5, 0.6) is 0 Å². The highest BCUT2D eigenvalue weighted by molar-refractivity contribution is 7.84. The normalized spacial score (nSPS) is 24.1. The van der Waals surface area contributed by atoms with Gasteiger partial charge in [0.1, 0.15) is 0 Å². The molecule has 0 aromatic carbocycles. The van der Waals surface area contributed by atoms with Crippen LogP contribution in [-0.4, -0.2) is 28.3 Å². The first kappa shape index (κ1) is 13.2. The van der Waals surface area contributed by atoms with Crippen LogP contribution in [-0.2, 0) is 10.8 Å². The van der Waals surface area contributed by atoms with Gasteiger partial charge in [0.25, 0.3) is 0 Å². The highest BCUT2D eigenvalue weighted by Gasteiger charge is 2.14. The molecular weight excluding hydrogens is 206 g/mol. The Kier molecular flexibility index (Phi) is 6.50. The first-order chi connectivity index (χ1) is 7.18. The Morgan fingerprint density at radius 2 is 1.73 bits per heavy atom. The van der Waals surface area contributed by atoms with Crippen molar-refractivity contribution in [2.75, 3.05) is 12.0 Å². The second-order valence-corrected chi connectivity index (χ2v) is 6.33. The van der Waals surface area contributed by atoms with E-state index in [0.29, 0.717) is 12.1 Å². The Morgan fingerprint density at radius 3 is 2.27 bits per heavy atom. The predicted octanol–water partition coefficient (Wildman–Crippen LogP) is 2.46. The molecule has 0 amide bonds. The number of rotatable bonds is 4. The van der Waals surface area contributed by atoms with E-state index in [1.54, 1.807) is 6.26 Å². The van der Waals surface area contributed by atoms with E-state index in [-0.39, 0.29) is 0 Å². The maximum absolute atomic E-state index is 11.1. The van der Waals surface area contributed by atoms with Crippen molar-refractivity contribution in [1.29, 1.82) is 0 Å². The molecule has 0 aliphatic heterocycles. The first-order valence-electron chi connectivity index (χ1n) is 6.24. The predicted molar refractivity (Wildman–Crippen MR) is 67.6 cm³/mol. The van der Waals surface area contributed by atoms with Crippen LogP contribution >= 0.6 is 0 Å². The van der Waals surface area contributed by atoms with Crippen LogP contribution in [0.2, 0.25) is 0 Å². The third-order valence-corrected chi connectivity index (χ3v) is 4.08. The first-order valence-corrected chi connectivity index (χ1v) is 7.97. The third kappa shape index (κ3) is 6.31. The molecule has 0 heterocycles. The average molecular weight is 231 g/mol. The largest absolute Gasteiger partial charge is 0.311 e. The van der Waals surface area contributed by atoms with Crippen LogP contribution in [0, 0.1) is 0 Å². The Bertz CT molecular complexity index is 188. The van der Waals surface area contributed by atoms with E-state index in [1.807, 2.05) is 0 Å². The molecule has 90 valence electrons. The van der Waals surface area contributed by atoms with Gasteiger partial charge in [0.15, 0.2) is 0 Å². The van der Waals surface area contributed by atoms with Crippen LogP contribution in [0.25, 0.3) is 0 Å². The highest BCUT2D eigenvalue weighted by atomic mass is 32.2. The molecule has 2 nitrogen and oxygen atoms in total. The number of nitrogens with one attached hydrogen (secondary N) is 1. The van der Waals surface area contributed by atoms with Gasteiger partial charge in [0.05, 0.1) is 0 Å². The van der Waals surface area contributed by atoms with E-state index in [4.69, 9.17) is 0 Å². The minimum atomic E-state index is -0.670. The van der Waals surface area contributed by atoms with Crippen molar-refractivity contribution in [3.63, 3.8) is 0 Å². The molecule has 0 spiro atoms. The van der Waals surface area contributed by atoms with Gasteiger partial charge in [-0.2, -0.15) is 0 Å². The van der Waals surface area contributed by atoms with Crippen LogP contribution in [0.3, 0.4) is 0 Å². The Balaban J connectivity index is 2.24. The topological polar surface area (TPSA) is 29.1 Å². The summed E-state index contributed by atoms with van der Waals surface area (Å²) >= 11 is 0. The van der Waals surface area contributed by atoms with Gasteiger partial charge in [-0.15, -0.1) is 0 Å². The van der Waals surface area contributed by atoms with Gasteiger partial charge in [-0.05, 0) is 19.8 Å². The number of hydrogen-bond donors (Lipinski definition) is 1. The molecule has 1 N–H and O–H groups in total. The van der Waals surface area contributed by atoms with Crippen molar-refractivity contribution in [3.8, 4) is 0 Å². The zero-order valence-electron chi connectivity index (χ0n) is 10.1. The quantitative estimate of drug-likeness (QED) is 0.805. The molecule has 0 bridgehead atoms. The SMILES string of the molecule is CC(CS(C)=O)NC1CCCCCCC1. The summed E-state index contributed by atoms with van der Waals surface area (Å²) in [6.07, 6.45) is 11.3. The summed E-state index contributed by atoms with van der Waals surface area (Å²) < 4.78 is 11.1. The van der Waals surface area contributed by atoms with Gasteiger partial charge < -0.3 is 5.32 Å². The molecule has 0 aromatic heterocycles. The maximum Gasteiger partial charge on any atom is 0.0383 e. The summed E-state index contributed by atoms with van der Waals surface area (Å²) in [5.41, 5.74) is 0. The minimum Gasteiger partial charge on any atom is -0.311 e. The van der Waals surface area contributed by atoms with Crippen molar-refractivity contribution in [2.24, 2.45) is 0 Å². The molecule has 1 aliphatic rings. The number of hydrogen-bond acceptors (Lipinski definition) is 2. The minimum absolute atomic E-state index is 0.403. The zero-order valence-corrected chi connectivity index (χ0v) is 10.9. The molecule has 0 radical (unpaired) electrons. The summed E-state index contributed by atoms with van der Waals surface area (Å²) in [4.78, 5) is 0. The fourth-order valence-corrected chi connectivity index (χ4v) is 3.23. The molecule has 2 atom stereocenters. The van der Waals surface area contributed by atoms with Gasteiger partial charge in [0, 0.05) is 34.9 Å². The standard InChI is InChI=1S/C12H25NOS/c1-11(10-15(2)14)13-12-8-6-4-3-5-7-9-12/h11-13H,3-10H2,1-2H3. The summed E-state index contributed by atoms with van der Waals surface area (Å²) in [6.45, 7) is 2.15. The molecule has 1 rings (SSSR count). The lowest BCUT2D eigenvalue weighted by molar-refractivity contribution is 0.369. The van der Waals surface area contributed by atoms with E-state index < -0.39 is 10.8 Å². The molecule has 2 unspecified atom stereocenters. The van der Waals surface area contributed by atoms with Crippen LogP contribution in [0.15, 0.2) is 0 Å². The van der Waals surface area contributed by atoms with Gasteiger partial charge >= 0.3 is 0 Å². The van der Waals surface area contributed by atoms with Gasteiger partial charge in [0.2, 0.25) is 0 Å². The molecule has 0 aromatic rings. The molecule has 1 saturated carbocycles. The maximum atomic E-state index is 11.1. The Hall–Kier alpha value is 0.110. The monoisotopic (exact) mass is 231 g/mol. The molecule has 1 aliphatic carbocycles. The fraction of sp³-hybridized carbons (Fsp3) is 1.00. The Morgan fingerprint density at radius 1 is 1.20 bits per heavy atom. The van der Waals surface area contributed by atoms with E-state index in [9.17, 15) is 4.21 Å². The molecule has 15 heavy (non-hydrogen) atoms. The summed E-state index contributed by atoms with van der Waals surface area (Å²) in [5.74, 6) is 0.788.